The normalized spacial score (nSPS) is 15.7. The van der Waals surface area contributed by atoms with Crippen molar-refractivity contribution in [3.63, 3.8) is 0 Å². The predicted octanol–water partition coefficient (Wildman–Crippen LogP) is 0.988. The lowest BCUT2D eigenvalue weighted by Gasteiger charge is -2.27. The lowest BCUT2D eigenvalue weighted by atomic mass is 10.3. The molecule has 0 bridgehead atoms. The molecule has 0 saturated carbocycles. The molecule has 0 spiro atoms. The first-order valence-electron chi connectivity index (χ1n) is 6.93. The number of amides is 1. The van der Waals surface area contributed by atoms with Crippen LogP contribution in [0.2, 0.25) is 0 Å². The van der Waals surface area contributed by atoms with E-state index in [1.54, 1.807) is 6.07 Å². The van der Waals surface area contributed by atoms with Gasteiger partial charge < -0.3 is 15.4 Å². The molecule has 116 valence electrons. The van der Waals surface area contributed by atoms with Gasteiger partial charge in [0.25, 0.3) is 5.91 Å². The Morgan fingerprint density at radius 3 is 2.90 bits per heavy atom. The maximum absolute atomic E-state index is 13.5. The van der Waals surface area contributed by atoms with Gasteiger partial charge in [0.05, 0.1) is 0 Å². The molecule has 1 aliphatic heterocycles. The molecule has 21 heavy (non-hydrogen) atoms. The monoisotopic (exact) mass is 359 g/mol. The summed E-state index contributed by atoms with van der Waals surface area (Å²) in [5.41, 5.74) is 0. The highest BCUT2D eigenvalue weighted by molar-refractivity contribution is 9.10. The molecule has 5 nitrogen and oxygen atoms in total. The Morgan fingerprint density at radius 1 is 1.43 bits per heavy atom. The van der Waals surface area contributed by atoms with Crippen LogP contribution in [0.5, 0.6) is 5.75 Å². The number of hydrogen-bond acceptors (Lipinski definition) is 4. The molecule has 1 aromatic rings. The van der Waals surface area contributed by atoms with Gasteiger partial charge in [-0.1, -0.05) is 15.9 Å². The van der Waals surface area contributed by atoms with Crippen molar-refractivity contribution in [2.45, 2.75) is 0 Å². The molecule has 2 rings (SSSR count). The van der Waals surface area contributed by atoms with Crippen molar-refractivity contribution in [2.24, 2.45) is 0 Å². The quantitative estimate of drug-likeness (QED) is 0.795. The summed E-state index contributed by atoms with van der Waals surface area (Å²) in [7, 11) is 0. The number of benzene rings is 1. The Morgan fingerprint density at radius 2 is 2.19 bits per heavy atom. The first-order chi connectivity index (χ1) is 10.1. The minimum Gasteiger partial charge on any atom is -0.481 e. The lowest BCUT2D eigenvalue weighted by molar-refractivity contribution is -0.123. The smallest absolute Gasteiger partial charge is 0.257 e. The van der Waals surface area contributed by atoms with Crippen LogP contribution in [0.15, 0.2) is 22.7 Å². The molecule has 1 fully saturated rings. The minimum atomic E-state index is -0.488. The maximum atomic E-state index is 13.5. The fraction of sp³-hybridized carbons (Fsp3) is 0.500. The number of rotatable bonds is 6. The molecular weight excluding hydrogens is 341 g/mol. The van der Waals surface area contributed by atoms with Gasteiger partial charge >= 0.3 is 0 Å². The third-order valence-electron chi connectivity index (χ3n) is 3.21. The van der Waals surface area contributed by atoms with Gasteiger partial charge in [0.2, 0.25) is 0 Å². The summed E-state index contributed by atoms with van der Waals surface area (Å²) in [5.74, 6) is -0.652. The summed E-state index contributed by atoms with van der Waals surface area (Å²) in [5, 5.41) is 6.05. The molecule has 0 radical (unpaired) electrons. The van der Waals surface area contributed by atoms with Crippen molar-refractivity contribution in [1.82, 2.24) is 15.5 Å². The Labute approximate surface area is 132 Å². The SMILES string of the molecule is O=C(COc1ccc(Br)cc1F)NCCN1CCNCC1. The molecule has 0 aliphatic carbocycles. The number of piperazine rings is 1. The van der Waals surface area contributed by atoms with E-state index in [0.717, 1.165) is 32.7 Å². The van der Waals surface area contributed by atoms with E-state index in [-0.39, 0.29) is 18.3 Å². The maximum Gasteiger partial charge on any atom is 0.257 e. The molecule has 2 N–H and O–H groups in total. The third kappa shape index (κ3) is 5.61. The summed E-state index contributed by atoms with van der Waals surface area (Å²) in [6, 6.07) is 4.46. The lowest BCUT2D eigenvalue weighted by Crippen LogP contribution is -2.46. The number of halogens is 2. The molecule has 0 aromatic heterocycles. The fourth-order valence-corrected chi connectivity index (χ4v) is 2.41. The Balaban J connectivity index is 1.65. The molecule has 0 unspecified atom stereocenters. The van der Waals surface area contributed by atoms with Crippen LogP contribution in [0.1, 0.15) is 0 Å². The van der Waals surface area contributed by atoms with E-state index in [0.29, 0.717) is 11.0 Å². The second-order valence-electron chi connectivity index (χ2n) is 4.81. The number of nitrogens with one attached hydrogen (secondary N) is 2. The Bertz CT molecular complexity index is 481. The van der Waals surface area contributed by atoms with Crippen molar-refractivity contribution in [1.29, 1.82) is 0 Å². The zero-order valence-electron chi connectivity index (χ0n) is 11.7. The van der Waals surface area contributed by atoms with Crippen molar-refractivity contribution in [2.75, 3.05) is 45.9 Å². The van der Waals surface area contributed by atoms with Crippen LogP contribution in [0.25, 0.3) is 0 Å². The molecule has 0 atom stereocenters. The highest BCUT2D eigenvalue weighted by atomic mass is 79.9. The molecular formula is C14H19BrFN3O2. The molecule has 1 aliphatic rings. The van der Waals surface area contributed by atoms with E-state index in [1.165, 1.54) is 12.1 Å². The van der Waals surface area contributed by atoms with Gasteiger partial charge in [-0.2, -0.15) is 0 Å². The number of nitrogens with zero attached hydrogens (tertiary/aromatic N) is 1. The van der Waals surface area contributed by atoms with E-state index in [9.17, 15) is 9.18 Å². The van der Waals surface area contributed by atoms with Gasteiger partial charge in [-0.05, 0) is 18.2 Å². The van der Waals surface area contributed by atoms with Crippen molar-refractivity contribution in [3.8, 4) is 5.75 Å². The Hall–Kier alpha value is -1.18. The van der Waals surface area contributed by atoms with Crippen LogP contribution in [0.4, 0.5) is 4.39 Å². The van der Waals surface area contributed by atoms with E-state index in [2.05, 4.69) is 31.5 Å². The van der Waals surface area contributed by atoms with Gasteiger partial charge in [0.15, 0.2) is 18.2 Å². The van der Waals surface area contributed by atoms with Crippen LogP contribution >= 0.6 is 15.9 Å². The minimum absolute atomic E-state index is 0.0791. The second-order valence-corrected chi connectivity index (χ2v) is 5.72. The molecule has 1 heterocycles. The largest absolute Gasteiger partial charge is 0.481 e. The van der Waals surface area contributed by atoms with Crippen LogP contribution in [0.3, 0.4) is 0 Å². The average molecular weight is 360 g/mol. The third-order valence-corrected chi connectivity index (χ3v) is 3.71. The summed E-state index contributed by atoms with van der Waals surface area (Å²) in [4.78, 5) is 13.9. The van der Waals surface area contributed by atoms with Gasteiger partial charge in [0, 0.05) is 43.7 Å². The summed E-state index contributed by atoms with van der Waals surface area (Å²) >= 11 is 3.16. The van der Waals surface area contributed by atoms with Crippen LogP contribution < -0.4 is 15.4 Å². The van der Waals surface area contributed by atoms with E-state index in [1.807, 2.05) is 0 Å². The van der Waals surface area contributed by atoms with E-state index >= 15 is 0 Å². The van der Waals surface area contributed by atoms with Crippen LogP contribution in [0, 0.1) is 5.82 Å². The molecule has 7 heteroatoms. The van der Waals surface area contributed by atoms with Gasteiger partial charge in [0.1, 0.15) is 0 Å². The van der Waals surface area contributed by atoms with Crippen molar-refractivity contribution < 1.29 is 13.9 Å². The van der Waals surface area contributed by atoms with Crippen LogP contribution in [-0.4, -0.2) is 56.7 Å². The first kappa shape index (κ1) is 16.2. The second kappa shape index (κ2) is 8.31. The number of ether oxygens (including phenoxy) is 1. The summed E-state index contributed by atoms with van der Waals surface area (Å²) in [6.07, 6.45) is 0. The topological polar surface area (TPSA) is 53.6 Å². The van der Waals surface area contributed by atoms with Crippen molar-refractivity contribution >= 4 is 21.8 Å². The standard InChI is InChI=1S/C14H19BrFN3O2/c15-11-1-2-13(12(16)9-11)21-10-14(20)18-5-8-19-6-3-17-4-7-19/h1-2,9,17H,3-8,10H2,(H,18,20). The first-order valence-corrected chi connectivity index (χ1v) is 7.72. The van der Waals surface area contributed by atoms with E-state index in [4.69, 9.17) is 4.74 Å². The average Bonchev–Trinajstić information content (AvgIpc) is 2.47. The van der Waals surface area contributed by atoms with Gasteiger partial charge in [-0.25, -0.2) is 4.39 Å². The summed E-state index contributed by atoms with van der Waals surface area (Å²) in [6.45, 7) is 5.18. The molecule has 1 saturated heterocycles. The van der Waals surface area contributed by atoms with Crippen molar-refractivity contribution in [3.05, 3.63) is 28.5 Å². The number of hydrogen-bond donors (Lipinski definition) is 2. The zero-order valence-corrected chi connectivity index (χ0v) is 13.3. The van der Waals surface area contributed by atoms with E-state index < -0.39 is 5.82 Å². The molecule has 1 aromatic carbocycles. The van der Waals surface area contributed by atoms with Crippen LogP contribution in [-0.2, 0) is 4.79 Å². The Kier molecular flexibility index (Phi) is 6.41. The number of carbonyl (C=O) groups excluding carboxylic acids is 1. The molecule has 1 amide bonds. The van der Waals surface area contributed by atoms with Gasteiger partial charge in [-0.3, -0.25) is 9.69 Å². The number of carbonyl (C=O) groups is 1. The summed E-state index contributed by atoms with van der Waals surface area (Å²) < 4.78 is 19.3. The highest BCUT2D eigenvalue weighted by Crippen LogP contribution is 2.21. The van der Waals surface area contributed by atoms with Gasteiger partial charge in [-0.15, -0.1) is 0 Å². The predicted molar refractivity (Wildman–Crippen MR) is 81.9 cm³/mol. The zero-order chi connectivity index (χ0) is 15.1. The fourth-order valence-electron chi connectivity index (χ4n) is 2.07. The highest BCUT2D eigenvalue weighted by Gasteiger charge is 2.10.